The molecule has 0 aliphatic rings. The van der Waals surface area contributed by atoms with Crippen molar-refractivity contribution < 1.29 is 9.72 Å². The molecule has 2 aromatic rings. The molecule has 0 radical (unpaired) electrons. The SMILES string of the molecule is Cc1ccc(C(N)C(=O)Nc2ccccc2[N+](=O)[O-])cc1. The van der Waals surface area contributed by atoms with Gasteiger partial charge in [0.05, 0.1) is 4.92 Å². The molecular weight excluding hydrogens is 270 g/mol. The van der Waals surface area contributed by atoms with E-state index in [4.69, 9.17) is 5.73 Å². The number of rotatable bonds is 4. The van der Waals surface area contributed by atoms with E-state index in [0.717, 1.165) is 5.56 Å². The van der Waals surface area contributed by atoms with Gasteiger partial charge in [-0.05, 0) is 18.6 Å². The molecule has 108 valence electrons. The number of hydrogen-bond donors (Lipinski definition) is 2. The fourth-order valence-electron chi connectivity index (χ4n) is 1.87. The summed E-state index contributed by atoms with van der Waals surface area (Å²) in [6.07, 6.45) is 0. The van der Waals surface area contributed by atoms with Crippen molar-refractivity contribution in [2.45, 2.75) is 13.0 Å². The van der Waals surface area contributed by atoms with Gasteiger partial charge in [0.15, 0.2) is 0 Å². The summed E-state index contributed by atoms with van der Waals surface area (Å²) in [5.41, 5.74) is 7.56. The molecule has 0 bridgehead atoms. The van der Waals surface area contributed by atoms with Gasteiger partial charge in [0.1, 0.15) is 11.7 Å². The number of amides is 1. The summed E-state index contributed by atoms with van der Waals surface area (Å²) in [6.45, 7) is 1.93. The van der Waals surface area contributed by atoms with Crippen molar-refractivity contribution in [3.63, 3.8) is 0 Å². The van der Waals surface area contributed by atoms with Crippen molar-refractivity contribution in [2.24, 2.45) is 5.73 Å². The zero-order valence-electron chi connectivity index (χ0n) is 11.4. The summed E-state index contributed by atoms with van der Waals surface area (Å²) < 4.78 is 0. The zero-order chi connectivity index (χ0) is 15.4. The molecule has 0 aliphatic carbocycles. The monoisotopic (exact) mass is 285 g/mol. The average Bonchev–Trinajstić information content (AvgIpc) is 2.47. The lowest BCUT2D eigenvalue weighted by Gasteiger charge is -2.13. The van der Waals surface area contributed by atoms with E-state index in [1.807, 2.05) is 19.1 Å². The van der Waals surface area contributed by atoms with Gasteiger partial charge in [-0.25, -0.2) is 0 Å². The minimum absolute atomic E-state index is 0.134. The van der Waals surface area contributed by atoms with E-state index >= 15 is 0 Å². The highest BCUT2D eigenvalue weighted by Crippen LogP contribution is 2.24. The van der Waals surface area contributed by atoms with Crippen LogP contribution in [0.15, 0.2) is 48.5 Å². The summed E-state index contributed by atoms with van der Waals surface area (Å²) in [6, 6.07) is 12.3. The first-order valence-electron chi connectivity index (χ1n) is 6.35. The second kappa shape index (κ2) is 6.15. The number of carbonyl (C=O) groups is 1. The smallest absolute Gasteiger partial charge is 0.292 e. The van der Waals surface area contributed by atoms with Crippen molar-refractivity contribution in [3.8, 4) is 0 Å². The number of benzene rings is 2. The molecule has 1 unspecified atom stereocenters. The summed E-state index contributed by atoms with van der Waals surface area (Å²) in [7, 11) is 0. The summed E-state index contributed by atoms with van der Waals surface area (Å²) in [5.74, 6) is -0.492. The Morgan fingerprint density at radius 2 is 1.81 bits per heavy atom. The second-order valence-electron chi connectivity index (χ2n) is 4.65. The van der Waals surface area contributed by atoms with Crippen LogP contribution in [0.1, 0.15) is 17.2 Å². The Bertz CT molecular complexity index is 668. The average molecular weight is 285 g/mol. The molecule has 6 heteroatoms. The number of anilines is 1. The molecule has 0 saturated carbocycles. The maximum Gasteiger partial charge on any atom is 0.292 e. The number of nitro benzene ring substituents is 1. The van der Waals surface area contributed by atoms with Crippen molar-refractivity contribution in [1.82, 2.24) is 0 Å². The first kappa shape index (κ1) is 14.7. The third kappa shape index (κ3) is 3.43. The Hall–Kier alpha value is -2.73. The Labute approximate surface area is 121 Å². The fourth-order valence-corrected chi connectivity index (χ4v) is 1.87. The molecule has 2 aromatic carbocycles. The van der Waals surface area contributed by atoms with E-state index in [9.17, 15) is 14.9 Å². The lowest BCUT2D eigenvalue weighted by Crippen LogP contribution is -2.28. The molecule has 1 atom stereocenters. The number of carbonyl (C=O) groups excluding carboxylic acids is 1. The second-order valence-corrected chi connectivity index (χ2v) is 4.65. The maximum absolute atomic E-state index is 12.1. The van der Waals surface area contributed by atoms with Crippen LogP contribution in [0.4, 0.5) is 11.4 Å². The van der Waals surface area contributed by atoms with Crippen LogP contribution < -0.4 is 11.1 Å². The quantitative estimate of drug-likeness (QED) is 0.666. The van der Waals surface area contributed by atoms with Gasteiger partial charge < -0.3 is 11.1 Å². The van der Waals surface area contributed by atoms with E-state index in [0.29, 0.717) is 5.56 Å². The molecule has 0 aliphatic heterocycles. The number of nitrogens with zero attached hydrogens (tertiary/aromatic N) is 1. The van der Waals surface area contributed by atoms with Crippen LogP contribution in [0, 0.1) is 17.0 Å². The third-order valence-corrected chi connectivity index (χ3v) is 3.08. The van der Waals surface area contributed by atoms with Gasteiger partial charge in [-0.3, -0.25) is 14.9 Å². The molecule has 3 N–H and O–H groups in total. The van der Waals surface area contributed by atoms with Crippen molar-refractivity contribution >= 4 is 17.3 Å². The lowest BCUT2D eigenvalue weighted by molar-refractivity contribution is -0.383. The van der Waals surface area contributed by atoms with E-state index in [-0.39, 0.29) is 11.4 Å². The van der Waals surface area contributed by atoms with E-state index in [1.165, 1.54) is 18.2 Å². The van der Waals surface area contributed by atoms with E-state index in [2.05, 4.69) is 5.32 Å². The van der Waals surface area contributed by atoms with Crippen LogP contribution in [0.5, 0.6) is 0 Å². The van der Waals surface area contributed by atoms with Crippen LogP contribution in [-0.2, 0) is 4.79 Å². The highest BCUT2D eigenvalue weighted by molar-refractivity contribution is 5.97. The highest BCUT2D eigenvalue weighted by Gasteiger charge is 2.20. The zero-order valence-corrected chi connectivity index (χ0v) is 11.4. The van der Waals surface area contributed by atoms with Crippen molar-refractivity contribution in [2.75, 3.05) is 5.32 Å². The molecule has 6 nitrogen and oxygen atoms in total. The van der Waals surface area contributed by atoms with E-state index in [1.54, 1.807) is 18.2 Å². The minimum atomic E-state index is -0.884. The highest BCUT2D eigenvalue weighted by atomic mass is 16.6. The standard InChI is InChI=1S/C15H15N3O3/c1-10-6-8-11(9-7-10)14(16)15(19)17-12-4-2-3-5-13(12)18(20)21/h2-9,14H,16H2,1H3,(H,17,19). The Kier molecular flexibility index (Phi) is 4.30. The number of nitro groups is 1. The fraction of sp³-hybridized carbons (Fsp3) is 0.133. The van der Waals surface area contributed by atoms with Crippen LogP contribution >= 0.6 is 0 Å². The molecule has 0 heterocycles. The predicted molar refractivity (Wildman–Crippen MR) is 79.8 cm³/mol. The lowest BCUT2D eigenvalue weighted by atomic mass is 10.1. The number of nitrogens with two attached hydrogens (primary N) is 1. The Balaban J connectivity index is 2.18. The Morgan fingerprint density at radius 3 is 2.43 bits per heavy atom. The summed E-state index contributed by atoms with van der Waals surface area (Å²) in [5, 5.41) is 13.4. The Morgan fingerprint density at radius 1 is 1.19 bits per heavy atom. The topological polar surface area (TPSA) is 98.3 Å². The van der Waals surface area contributed by atoms with Crippen LogP contribution in [0.2, 0.25) is 0 Å². The van der Waals surface area contributed by atoms with Crippen molar-refractivity contribution in [1.29, 1.82) is 0 Å². The molecule has 0 aromatic heterocycles. The van der Waals surface area contributed by atoms with Gasteiger partial charge in [-0.2, -0.15) is 0 Å². The molecular formula is C15H15N3O3. The van der Waals surface area contributed by atoms with Crippen LogP contribution in [0.3, 0.4) is 0 Å². The number of hydrogen-bond acceptors (Lipinski definition) is 4. The van der Waals surface area contributed by atoms with Crippen LogP contribution in [-0.4, -0.2) is 10.8 Å². The van der Waals surface area contributed by atoms with Gasteiger partial charge in [-0.1, -0.05) is 42.0 Å². The van der Waals surface area contributed by atoms with E-state index < -0.39 is 16.9 Å². The van der Waals surface area contributed by atoms with Gasteiger partial charge >= 0.3 is 0 Å². The van der Waals surface area contributed by atoms with Gasteiger partial charge in [0, 0.05) is 6.07 Å². The predicted octanol–water partition coefficient (Wildman–Crippen LogP) is 2.54. The molecule has 2 rings (SSSR count). The molecule has 0 fully saturated rings. The summed E-state index contributed by atoms with van der Waals surface area (Å²) in [4.78, 5) is 22.5. The first-order valence-corrected chi connectivity index (χ1v) is 6.35. The minimum Gasteiger partial charge on any atom is -0.319 e. The molecule has 1 amide bonds. The largest absolute Gasteiger partial charge is 0.319 e. The first-order chi connectivity index (χ1) is 9.99. The third-order valence-electron chi connectivity index (χ3n) is 3.08. The van der Waals surface area contributed by atoms with Crippen molar-refractivity contribution in [3.05, 3.63) is 69.8 Å². The number of aryl methyl sites for hydroxylation is 1. The van der Waals surface area contributed by atoms with Gasteiger partial charge in [0.2, 0.25) is 5.91 Å². The summed E-state index contributed by atoms with van der Waals surface area (Å²) >= 11 is 0. The van der Waals surface area contributed by atoms with Gasteiger partial charge in [-0.15, -0.1) is 0 Å². The number of para-hydroxylation sites is 2. The van der Waals surface area contributed by atoms with Crippen LogP contribution in [0.25, 0.3) is 0 Å². The molecule has 21 heavy (non-hydrogen) atoms. The molecule has 0 saturated heterocycles. The van der Waals surface area contributed by atoms with Gasteiger partial charge in [0.25, 0.3) is 5.69 Å². The number of nitrogens with one attached hydrogen (secondary N) is 1. The normalized spacial score (nSPS) is 11.7. The maximum atomic E-state index is 12.1. The molecule has 0 spiro atoms.